The second-order valence-electron chi connectivity index (χ2n) is 5.79. The predicted molar refractivity (Wildman–Crippen MR) is 72.5 cm³/mol. The molecule has 96 valence electrons. The Kier molecular flexibility index (Phi) is 3.11. The highest BCUT2D eigenvalue weighted by atomic mass is 16.2. The Balaban J connectivity index is 1.61. The number of hydrogen-bond acceptors (Lipinski definition) is 1. The van der Waals surface area contributed by atoms with Gasteiger partial charge in [-0.25, -0.2) is 0 Å². The van der Waals surface area contributed by atoms with Crippen molar-refractivity contribution < 1.29 is 4.79 Å². The molecule has 0 atom stereocenters. The number of amides is 1. The molecule has 18 heavy (non-hydrogen) atoms. The van der Waals surface area contributed by atoms with E-state index in [9.17, 15) is 4.79 Å². The van der Waals surface area contributed by atoms with Crippen LogP contribution in [-0.2, 0) is 4.79 Å². The molecule has 0 bridgehead atoms. The molecular formula is C16H21NO. The second kappa shape index (κ2) is 4.75. The van der Waals surface area contributed by atoms with Gasteiger partial charge in [0.2, 0.25) is 5.91 Å². The van der Waals surface area contributed by atoms with Crippen LogP contribution in [0.4, 0.5) is 0 Å². The highest BCUT2D eigenvalue weighted by molar-refractivity contribution is 5.81. The van der Waals surface area contributed by atoms with E-state index in [2.05, 4.69) is 36.1 Å². The van der Waals surface area contributed by atoms with Crippen LogP contribution in [-0.4, -0.2) is 23.9 Å². The van der Waals surface area contributed by atoms with Gasteiger partial charge in [0.1, 0.15) is 0 Å². The van der Waals surface area contributed by atoms with Crippen molar-refractivity contribution in [1.82, 2.24) is 4.90 Å². The van der Waals surface area contributed by atoms with Crippen LogP contribution in [0.25, 0.3) is 0 Å². The summed E-state index contributed by atoms with van der Waals surface area (Å²) in [6.45, 7) is 4.05. The Hall–Kier alpha value is -1.31. The molecule has 0 spiro atoms. The van der Waals surface area contributed by atoms with Gasteiger partial charge in [-0.1, -0.05) is 29.8 Å². The van der Waals surface area contributed by atoms with Crippen LogP contribution in [0.3, 0.4) is 0 Å². The number of piperidine rings is 1. The van der Waals surface area contributed by atoms with Gasteiger partial charge < -0.3 is 4.90 Å². The van der Waals surface area contributed by atoms with Gasteiger partial charge in [0.15, 0.2) is 0 Å². The highest BCUT2D eigenvalue weighted by Gasteiger charge is 2.34. The summed E-state index contributed by atoms with van der Waals surface area (Å²) in [5, 5.41) is 0. The third-order valence-electron chi connectivity index (χ3n) is 4.25. The molecule has 2 heteroatoms. The van der Waals surface area contributed by atoms with E-state index in [0.717, 1.165) is 38.8 Å². The van der Waals surface area contributed by atoms with Gasteiger partial charge in [-0.2, -0.15) is 0 Å². The zero-order valence-corrected chi connectivity index (χ0v) is 11.1. The molecular weight excluding hydrogens is 222 g/mol. The van der Waals surface area contributed by atoms with Crippen molar-refractivity contribution in [2.45, 2.75) is 38.5 Å². The van der Waals surface area contributed by atoms with Gasteiger partial charge in [0, 0.05) is 19.0 Å². The van der Waals surface area contributed by atoms with Crippen molar-refractivity contribution in [1.29, 1.82) is 0 Å². The van der Waals surface area contributed by atoms with Crippen LogP contribution in [0.1, 0.15) is 42.7 Å². The van der Waals surface area contributed by atoms with Gasteiger partial charge in [0.05, 0.1) is 0 Å². The Morgan fingerprint density at radius 3 is 2.50 bits per heavy atom. The van der Waals surface area contributed by atoms with E-state index < -0.39 is 0 Å². The summed E-state index contributed by atoms with van der Waals surface area (Å²) in [5.74, 6) is 1.44. The molecule has 1 saturated heterocycles. The van der Waals surface area contributed by atoms with Crippen molar-refractivity contribution in [2.75, 3.05) is 13.1 Å². The normalized spacial score (nSPS) is 21.1. The molecule has 2 aliphatic rings. The van der Waals surface area contributed by atoms with Gasteiger partial charge in [0.25, 0.3) is 0 Å². The van der Waals surface area contributed by atoms with Crippen molar-refractivity contribution in [3.05, 3.63) is 35.4 Å². The van der Waals surface area contributed by atoms with Crippen molar-refractivity contribution >= 4 is 5.91 Å². The Morgan fingerprint density at radius 2 is 1.89 bits per heavy atom. The van der Waals surface area contributed by atoms with Crippen LogP contribution in [0.15, 0.2) is 24.3 Å². The second-order valence-corrected chi connectivity index (χ2v) is 5.79. The Bertz CT molecular complexity index is 442. The molecule has 0 unspecified atom stereocenters. The van der Waals surface area contributed by atoms with Crippen molar-refractivity contribution in [3.8, 4) is 0 Å². The van der Waals surface area contributed by atoms with E-state index in [0.29, 0.717) is 17.7 Å². The quantitative estimate of drug-likeness (QED) is 0.781. The van der Waals surface area contributed by atoms with E-state index in [1.54, 1.807) is 0 Å². The monoisotopic (exact) mass is 243 g/mol. The number of carbonyl (C=O) groups excluding carboxylic acids is 1. The summed E-state index contributed by atoms with van der Waals surface area (Å²) in [6, 6.07) is 8.82. The van der Waals surface area contributed by atoms with Gasteiger partial charge in [-0.15, -0.1) is 0 Å². The Labute approximate surface area is 109 Å². The van der Waals surface area contributed by atoms with Gasteiger partial charge in [-0.3, -0.25) is 4.79 Å². The average molecular weight is 243 g/mol. The molecule has 1 amide bonds. The van der Waals surface area contributed by atoms with Crippen LogP contribution in [0, 0.1) is 12.8 Å². The summed E-state index contributed by atoms with van der Waals surface area (Å²) in [7, 11) is 0. The molecule has 1 aliphatic carbocycles. The number of carbonyl (C=O) groups is 1. The molecule has 1 aliphatic heterocycles. The van der Waals surface area contributed by atoms with E-state index in [1.165, 1.54) is 11.1 Å². The zero-order valence-electron chi connectivity index (χ0n) is 11.1. The van der Waals surface area contributed by atoms with Crippen LogP contribution >= 0.6 is 0 Å². The molecule has 1 heterocycles. The lowest BCUT2D eigenvalue weighted by molar-refractivity contribution is -0.133. The summed E-state index contributed by atoms with van der Waals surface area (Å²) in [4.78, 5) is 14.1. The minimum absolute atomic E-state index is 0.375. The average Bonchev–Trinajstić information content (AvgIpc) is 3.22. The molecule has 0 aromatic heterocycles. The molecule has 1 aromatic rings. The molecule has 0 N–H and O–H groups in total. The predicted octanol–water partition coefficient (Wildman–Crippen LogP) is 3.11. The van der Waals surface area contributed by atoms with E-state index in [1.807, 2.05) is 0 Å². The van der Waals surface area contributed by atoms with Crippen molar-refractivity contribution in [2.24, 2.45) is 5.92 Å². The lowest BCUT2D eigenvalue weighted by atomic mass is 9.88. The first-order chi connectivity index (χ1) is 8.74. The van der Waals surface area contributed by atoms with Crippen LogP contribution < -0.4 is 0 Å². The smallest absolute Gasteiger partial charge is 0.225 e. The highest BCUT2D eigenvalue weighted by Crippen LogP contribution is 2.34. The molecule has 2 fully saturated rings. The summed E-state index contributed by atoms with van der Waals surface area (Å²) < 4.78 is 0. The minimum Gasteiger partial charge on any atom is -0.342 e. The molecule has 3 rings (SSSR count). The molecule has 1 aromatic carbocycles. The van der Waals surface area contributed by atoms with E-state index in [4.69, 9.17) is 0 Å². The first-order valence-corrected chi connectivity index (χ1v) is 7.09. The Morgan fingerprint density at radius 1 is 1.17 bits per heavy atom. The van der Waals surface area contributed by atoms with Crippen LogP contribution in [0.2, 0.25) is 0 Å². The fraction of sp³-hybridized carbons (Fsp3) is 0.562. The van der Waals surface area contributed by atoms with E-state index in [-0.39, 0.29) is 0 Å². The largest absolute Gasteiger partial charge is 0.342 e. The fourth-order valence-corrected chi connectivity index (χ4v) is 2.95. The number of hydrogen-bond donors (Lipinski definition) is 0. The SMILES string of the molecule is Cc1cccc(C2CCN(C(=O)C3CC3)CC2)c1. The van der Waals surface area contributed by atoms with Crippen LogP contribution in [0.5, 0.6) is 0 Å². The molecule has 0 radical (unpaired) electrons. The number of likely N-dealkylation sites (tertiary alicyclic amines) is 1. The third-order valence-corrected chi connectivity index (χ3v) is 4.25. The standard InChI is InChI=1S/C16H21NO/c1-12-3-2-4-15(11-12)13-7-9-17(10-8-13)16(18)14-5-6-14/h2-4,11,13-14H,5-10H2,1H3. The molecule has 1 saturated carbocycles. The number of aryl methyl sites for hydroxylation is 1. The first kappa shape index (κ1) is 11.8. The number of rotatable bonds is 2. The maximum atomic E-state index is 12.0. The maximum Gasteiger partial charge on any atom is 0.225 e. The summed E-state index contributed by atoms with van der Waals surface area (Å²) >= 11 is 0. The number of benzene rings is 1. The van der Waals surface area contributed by atoms with E-state index >= 15 is 0 Å². The van der Waals surface area contributed by atoms with Gasteiger partial charge >= 0.3 is 0 Å². The topological polar surface area (TPSA) is 20.3 Å². The first-order valence-electron chi connectivity index (χ1n) is 7.09. The zero-order chi connectivity index (χ0) is 12.5. The molecule has 2 nitrogen and oxygen atoms in total. The summed E-state index contributed by atoms with van der Waals surface area (Å²) in [6.07, 6.45) is 4.50. The fourth-order valence-electron chi connectivity index (χ4n) is 2.95. The minimum atomic E-state index is 0.375. The summed E-state index contributed by atoms with van der Waals surface area (Å²) in [5.41, 5.74) is 2.79. The lowest BCUT2D eigenvalue weighted by Crippen LogP contribution is -2.38. The number of nitrogens with zero attached hydrogens (tertiary/aromatic N) is 1. The maximum absolute atomic E-state index is 12.0. The third kappa shape index (κ3) is 2.43. The lowest BCUT2D eigenvalue weighted by Gasteiger charge is -2.32. The van der Waals surface area contributed by atoms with Gasteiger partial charge in [-0.05, 0) is 44.1 Å². The van der Waals surface area contributed by atoms with Crippen molar-refractivity contribution in [3.63, 3.8) is 0 Å².